The summed E-state index contributed by atoms with van der Waals surface area (Å²) >= 11 is 0. The van der Waals surface area contributed by atoms with Crippen molar-refractivity contribution in [2.45, 2.75) is 25.1 Å². The van der Waals surface area contributed by atoms with Crippen LogP contribution in [-0.2, 0) is 6.18 Å². The van der Waals surface area contributed by atoms with Crippen molar-refractivity contribution in [3.63, 3.8) is 0 Å². The monoisotopic (exact) mass is 259 g/mol. The van der Waals surface area contributed by atoms with Crippen LogP contribution in [0.1, 0.15) is 24.0 Å². The van der Waals surface area contributed by atoms with E-state index in [4.69, 9.17) is 0 Å². The molecule has 5 heteroatoms. The second-order valence-corrected chi connectivity index (χ2v) is 4.32. The van der Waals surface area contributed by atoms with Crippen molar-refractivity contribution in [1.82, 2.24) is 5.32 Å². The van der Waals surface area contributed by atoms with E-state index in [-0.39, 0.29) is 0 Å². The van der Waals surface area contributed by atoms with E-state index in [1.807, 2.05) is 0 Å². The normalized spacial score (nSPS) is 16.4. The van der Waals surface area contributed by atoms with Crippen molar-refractivity contribution >= 4 is 6.08 Å². The van der Waals surface area contributed by atoms with E-state index in [1.165, 1.54) is 6.07 Å². The van der Waals surface area contributed by atoms with Gasteiger partial charge in [-0.25, -0.2) is 4.39 Å². The summed E-state index contributed by atoms with van der Waals surface area (Å²) in [6.45, 7) is 0.614. The van der Waals surface area contributed by atoms with E-state index in [0.29, 0.717) is 18.2 Å². The zero-order chi connectivity index (χ0) is 13.2. The maximum atomic E-state index is 13.0. The minimum atomic E-state index is -4.65. The fourth-order valence-electron chi connectivity index (χ4n) is 1.58. The number of rotatable bonds is 4. The lowest BCUT2D eigenvalue weighted by molar-refractivity contribution is -0.140. The van der Waals surface area contributed by atoms with E-state index < -0.39 is 17.6 Å². The first-order valence-corrected chi connectivity index (χ1v) is 5.73. The topological polar surface area (TPSA) is 12.0 Å². The highest BCUT2D eigenvalue weighted by Crippen LogP contribution is 2.32. The van der Waals surface area contributed by atoms with Gasteiger partial charge in [-0.15, -0.1) is 0 Å². The Kier molecular flexibility index (Phi) is 3.71. The van der Waals surface area contributed by atoms with Gasteiger partial charge in [0.1, 0.15) is 5.82 Å². The van der Waals surface area contributed by atoms with Crippen molar-refractivity contribution in [3.05, 3.63) is 41.2 Å². The molecule has 0 saturated heterocycles. The molecule has 0 aliphatic heterocycles. The highest BCUT2D eigenvalue weighted by molar-refractivity contribution is 5.51. The Bertz CT molecular complexity index is 447. The zero-order valence-corrected chi connectivity index (χ0v) is 9.60. The van der Waals surface area contributed by atoms with Gasteiger partial charge in [0.15, 0.2) is 0 Å². The Morgan fingerprint density at radius 1 is 1.28 bits per heavy atom. The molecule has 1 fully saturated rings. The van der Waals surface area contributed by atoms with E-state index in [1.54, 1.807) is 12.2 Å². The van der Waals surface area contributed by atoms with Gasteiger partial charge < -0.3 is 5.32 Å². The lowest BCUT2D eigenvalue weighted by atomic mass is 10.1. The van der Waals surface area contributed by atoms with Gasteiger partial charge in [-0.2, -0.15) is 13.2 Å². The molecule has 1 aliphatic carbocycles. The fraction of sp³-hybridized carbons (Fsp3) is 0.385. The summed E-state index contributed by atoms with van der Waals surface area (Å²) in [5.74, 6) is -1.24. The third kappa shape index (κ3) is 3.57. The third-order valence-corrected chi connectivity index (χ3v) is 2.71. The molecule has 1 N–H and O–H groups in total. The minimum absolute atomic E-state index is 0.348. The Balaban J connectivity index is 2.03. The maximum absolute atomic E-state index is 13.0. The largest absolute Gasteiger partial charge is 0.419 e. The molecule has 1 saturated carbocycles. The predicted octanol–water partition coefficient (Wildman–Crippen LogP) is 3.61. The number of hydrogen-bond donors (Lipinski definition) is 1. The van der Waals surface area contributed by atoms with Gasteiger partial charge in [0.2, 0.25) is 0 Å². The lowest BCUT2D eigenvalue weighted by Crippen LogP contribution is -2.15. The average Bonchev–Trinajstić information content (AvgIpc) is 3.09. The van der Waals surface area contributed by atoms with Crippen molar-refractivity contribution in [1.29, 1.82) is 0 Å². The third-order valence-electron chi connectivity index (χ3n) is 2.71. The molecule has 0 aromatic heterocycles. The number of nitrogens with one attached hydrogen (secondary N) is 1. The molecule has 0 atom stereocenters. The molecule has 0 unspecified atom stereocenters. The molecular formula is C13H13F4N. The van der Waals surface area contributed by atoms with Crippen LogP contribution >= 0.6 is 0 Å². The smallest absolute Gasteiger partial charge is 0.311 e. The highest BCUT2D eigenvalue weighted by atomic mass is 19.4. The van der Waals surface area contributed by atoms with Crippen LogP contribution in [0.5, 0.6) is 0 Å². The summed E-state index contributed by atoms with van der Waals surface area (Å²) in [5, 5.41) is 3.20. The van der Waals surface area contributed by atoms with Crippen LogP contribution in [0.4, 0.5) is 17.6 Å². The van der Waals surface area contributed by atoms with E-state index in [9.17, 15) is 17.6 Å². The minimum Gasteiger partial charge on any atom is -0.311 e. The lowest BCUT2D eigenvalue weighted by Gasteiger charge is -2.08. The maximum Gasteiger partial charge on any atom is 0.419 e. The molecule has 18 heavy (non-hydrogen) atoms. The van der Waals surface area contributed by atoms with Crippen LogP contribution in [0.2, 0.25) is 0 Å². The predicted molar refractivity (Wildman–Crippen MR) is 61.5 cm³/mol. The second-order valence-electron chi connectivity index (χ2n) is 4.32. The summed E-state index contributed by atoms with van der Waals surface area (Å²) in [7, 11) is 0. The zero-order valence-electron chi connectivity index (χ0n) is 9.60. The standard InChI is InChI=1S/C13H13F4N/c14-12-6-3-9(8-11(12)13(15,16)17)2-1-7-18-10-4-5-10/h1-3,6,8,10,18H,4-5,7H2/b2-1+. The summed E-state index contributed by atoms with van der Waals surface area (Å²) in [4.78, 5) is 0. The summed E-state index contributed by atoms with van der Waals surface area (Å²) in [6.07, 6.45) is 0.960. The molecule has 0 amide bonds. The molecule has 1 aliphatic rings. The van der Waals surface area contributed by atoms with Crippen molar-refractivity contribution in [2.24, 2.45) is 0 Å². The van der Waals surface area contributed by atoms with E-state index >= 15 is 0 Å². The molecule has 2 rings (SSSR count). The van der Waals surface area contributed by atoms with Crippen molar-refractivity contribution in [3.8, 4) is 0 Å². The summed E-state index contributed by atoms with van der Waals surface area (Å²) in [6, 6.07) is 3.55. The first kappa shape index (κ1) is 13.1. The van der Waals surface area contributed by atoms with Crippen molar-refractivity contribution < 1.29 is 17.6 Å². The van der Waals surface area contributed by atoms with Gasteiger partial charge >= 0.3 is 6.18 Å². The van der Waals surface area contributed by atoms with Crippen molar-refractivity contribution in [2.75, 3.05) is 6.54 Å². The van der Waals surface area contributed by atoms with Crippen LogP contribution in [-0.4, -0.2) is 12.6 Å². The van der Waals surface area contributed by atoms with Crippen LogP contribution < -0.4 is 5.32 Å². The SMILES string of the molecule is Fc1ccc(/C=C/CNC2CC2)cc1C(F)(F)F. The second kappa shape index (κ2) is 5.10. The molecule has 0 spiro atoms. The Morgan fingerprint density at radius 2 is 2.00 bits per heavy atom. The molecule has 0 radical (unpaired) electrons. The Morgan fingerprint density at radius 3 is 2.61 bits per heavy atom. The molecular weight excluding hydrogens is 246 g/mol. The van der Waals surface area contributed by atoms with Crippen LogP contribution in [0.25, 0.3) is 6.08 Å². The quantitative estimate of drug-likeness (QED) is 0.814. The van der Waals surface area contributed by atoms with Gasteiger partial charge in [0, 0.05) is 12.6 Å². The molecule has 1 aromatic carbocycles. The molecule has 1 aromatic rings. The number of benzene rings is 1. The number of hydrogen-bond acceptors (Lipinski definition) is 1. The summed E-state index contributed by atoms with van der Waals surface area (Å²) in [5.41, 5.74) is -0.874. The van der Waals surface area contributed by atoms with Gasteiger partial charge in [0.05, 0.1) is 5.56 Å². The number of halogens is 4. The average molecular weight is 259 g/mol. The molecule has 0 heterocycles. The van der Waals surface area contributed by atoms with Gasteiger partial charge in [0.25, 0.3) is 0 Å². The molecule has 0 bridgehead atoms. The van der Waals surface area contributed by atoms with Gasteiger partial charge in [-0.3, -0.25) is 0 Å². The Hall–Kier alpha value is -1.36. The first-order chi connectivity index (χ1) is 8.47. The van der Waals surface area contributed by atoms with Crippen LogP contribution in [0, 0.1) is 5.82 Å². The molecule has 98 valence electrons. The van der Waals surface area contributed by atoms with Gasteiger partial charge in [-0.05, 0) is 30.5 Å². The summed E-state index contributed by atoms with van der Waals surface area (Å²) < 4.78 is 50.4. The highest BCUT2D eigenvalue weighted by Gasteiger charge is 2.33. The first-order valence-electron chi connectivity index (χ1n) is 5.73. The Labute approximate surface area is 103 Å². The van der Waals surface area contributed by atoms with E-state index in [2.05, 4.69) is 5.32 Å². The van der Waals surface area contributed by atoms with Crippen LogP contribution in [0.15, 0.2) is 24.3 Å². The van der Waals surface area contributed by atoms with Crippen LogP contribution in [0.3, 0.4) is 0 Å². The molecule has 1 nitrogen and oxygen atoms in total. The fourth-order valence-corrected chi connectivity index (χ4v) is 1.58. The van der Waals surface area contributed by atoms with Gasteiger partial charge in [-0.1, -0.05) is 18.2 Å². The number of alkyl halides is 3. The van der Waals surface area contributed by atoms with E-state index in [0.717, 1.165) is 25.0 Å².